The zero-order valence-corrected chi connectivity index (χ0v) is 16.6. The van der Waals surface area contributed by atoms with Crippen LogP contribution in [0.2, 0.25) is 0 Å². The van der Waals surface area contributed by atoms with E-state index in [1.807, 2.05) is 48.5 Å². The third-order valence-electron chi connectivity index (χ3n) is 5.37. The number of hydrogen-bond donors (Lipinski definition) is 1. The van der Waals surface area contributed by atoms with Crippen LogP contribution in [0, 0.1) is 17.2 Å². The number of benzene rings is 2. The smallest absolute Gasteiger partial charge is 0.339 e. The molecule has 4 rings (SSSR count). The van der Waals surface area contributed by atoms with E-state index in [2.05, 4.69) is 16.4 Å². The second-order valence-corrected chi connectivity index (χ2v) is 7.65. The highest BCUT2D eigenvalue weighted by Crippen LogP contribution is 2.39. The van der Waals surface area contributed by atoms with Gasteiger partial charge in [0, 0.05) is 10.9 Å². The Morgan fingerprint density at radius 2 is 1.87 bits per heavy atom. The molecule has 0 saturated heterocycles. The summed E-state index contributed by atoms with van der Waals surface area (Å²) in [5.74, 6) is -0.938. The average Bonchev–Trinajstić information content (AvgIpc) is 3.63. The maximum atomic E-state index is 12.8. The number of pyridine rings is 1. The van der Waals surface area contributed by atoms with Crippen LogP contribution in [0.3, 0.4) is 0 Å². The maximum Gasteiger partial charge on any atom is 0.339 e. The second-order valence-electron chi connectivity index (χ2n) is 7.65. The second kappa shape index (κ2) is 7.96. The molecule has 6 nitrogen and oxygen atoms in total. The number of hydrogen-bond acceptors (Lipinski definition) is 5. The van der Waals surface area contributed by atoms with Crippen LogP contribution in [-0.4, -0.2) is 29.0 Å². The monoisotopic (exact) mass is 399 g/mol. The molecule has 1 aromatic heterocycles. The number of carbonyl (C=O) groups excluding carboxylic acids is 2. The number of carbonyl (C=O) groups is 2. The Morgan fingerprint density at radius 1 is 1.17 bits per heavy atom. The lowest BCUT2D eigenvalue weighted by Gasteiger charge is -2.22. The molecule has 6 heteroatoms. The number of para-hydroxylation sites is 1. The lowest BCUT2D eigenvalue weighted by Crippen LogP contribution is -2.48. The lowest BCUT2D eigenvalue weighted by molar-refractivity contribution is -0.125. The minimum Gasteiger partial charge on any atom is -0.452 e. The highest BCUT2D eigenvalue weighted by molar-refractivity contribution is 6.05. The van der Waals surface area contributed by atoms with Crippen LogP contribution in [-0.2, 0) is 9.53 Å². The lowest BCUT2D eigenvalue weighted by atomic mass is 9.98. The maximum absolute atomic E-state index is 12.8. The number of rotatable bonds is 6. The third kappa shape index (κ3) is 4.01. The van der Waals surface area contributed by atoms with Gasteiger partial charge >= 0.3 is 5.97 Å². The first-order chi connectivity index (χ1) is 14.5. The normalized spacial score (nSPS) is 15.1. The Morgan fingerprint density at radius 3 is 2.57 bits per heavy atom. The summed E-state index contributed by atoms with van der Waals surface area (Å²) in [6.07, 6.45) is 1.82. The molecule has 1 saturated carbocycles. The van der Waals surface area contributed by atoms with Crippen LogP contribution in [0.1, 0.15) is 30.1 Å². The number of esters is 1. The fourth-order valence-electron chi connectivity index (χ4n) is 3.52. The zero-order valence-electron chi connectivity index (χ0n) is 16.6. The summed E-state index contributed by atoms with van der Waals surface area (Å²) in [6.45, 7) is 1.26. The molecule has 1 amide bonds. The molecule has 1 N–H and O–H groups in total. The Balaban J connectivity index is 1.55. The van der Waals surface area contributed by atoms with Gasteiger partial charge in [0.15, 0.2) is 6.61 Å². The van der Waals surface area contributed by atoms with Gasteiger partial charge in [0.1, 0.15) is 5.54 Å². The van der Waals surface area contributed by atoms with Crippen molar-refractivity contribution in [3.8, 4) is 17.3 Å². The molecule has 1 aliphatic rings. The van der Waals surface area contributed by atoms with Gasteiger partial charge in [-0.1, -0.05) is 48.5 Å². The van der Waals surface area contributed by atoms with Crippen molar-refractivity contribution in [1.82, 2.24) is 10.3 Å². The molecule has 0 bridgehead atoms. The fraction of sp³-hybridized carbons (Fsp3) is 0.250. The summed E-state index contributed by atoms with van der Waals surface area (Å²) in [7, 11) is 0. The fourth-order valence-corrected chi connectivity index (χ4v) is 3.52. The highest BCUT2D eigenvalue weighted by atomic mass is 16.5. The predicted molar refractivity (Wildman–Crippen MR) is 112 cm³/mol. The number of aromatic nitrogens is 1. The van der Waals surface area contributed by atoms with Gasteiger partial charge in [-0.15, -0.1) is 0 Å². The van der Waals surface area contributed by atoms with Crippen LogP contribution in [0.4, 0.5) is 0 Å². The molecule has 1 heterocycles. The minimum atomic E-state index is -0.923. The van der Waals surface area contributed by atoms with Gasteiger partial charge in [0.2, 0.25) is 0 Å². The van der Waals surface area contributed by atoms with E-state index in [9.17, 15) is 14.9 Å². The van der Waals surface area contributed by atoms with Crippen molar-refractivity contribution in [1.29, 1.82) is 5.26 Å². The summed E-state index contributed by atoms with van der Waals surface area (Å²) in [5.41, 5.74) is 1.62. The van der Waals surface area contributed by atoms with Crippen LogP contribution in [0.25, 0.3) is 22.2 Å². The SMILES string of the molecule is C[C@@](C#N)(NC(=O)COC(=O)c1cc(-c2ccccc2)nc2ccccc12)C1CC1. The van der Waals surface area contributed by atoms with E-state index in [-0.39, 0.29) is 5.92 Å². The van der Waals surface area contributed by atoms with Gasteiger partial charge in [-0.2, -0.15) is 5.26 Å². The van der Waals surface area contributed by atoms with Crippen molar-refractivity contribution in [3.63, 3.8) is 0 Å². The van der Waals surface area contributed by atoms with Gasteiger partial charge < -0.3 is 10.1 Å². The van der Waals surface area contributed by atoms with Crippen LogP contribution in [0.5, 0.6) is 0 Å². The number of nitriles is 1. The standard InChI is InChI=1S/C24H21N3O3/c1-24(15-25,17-11-12-17)27-22(28)14-30-23(29)19-13-21(16-7-3-2-4-8-16)26-20-10-6-5-9-18(19)20/h2-10,13,17H,11-12,14H2,1H3,(H,27,28)/t24-/m0/s1. The highest BCUT2D eigenvalue weighted by Gasteiger charge is 2.43. The Labute approximate surface area is 174 Å². The molecular formula is C24H21N3O3. The Hall–Kier alpha value is -3.72. The van der Waals surface area contributed by atoms with E-state index in [1.54, 1.807) is 19.1 Å². The van der Waals surface area contributed by atoms with E-state index < -0.39 is 24.0 Å². The van der Waals surface area contributed by atoms with E-state index in [0.717, 1.165) is 18.4 Å². The van der Waals surface area contributed by atoms with Crippen LogP contribution >= 0.6 is 0 Å². The molecule has 1 atom stereocenters. The van der Waals surface area contributed by atoms with Gasteiger partial charge in [0.05, 0.1) is 22.8 Å². The van der Waals surface area contributed by atoms with Crippen LogP contribution in [0.15, 0.2) is 60.7 Å². The van der Waals surface area contributed by atoms with Crippen molar-refractivity contribution in [2.24, 2.45) is 5.92 Å². The van der Waals surface area contributed by atoms with Crippen molar-refractivity contribution < 1.29 is 14.3 Å². The molecule has 0 radical (unpaired) electrons. The summed E-state index contributed by atoms with van der Waals surface area (Å²) < 4.78 is 5.29. The minimum absolute atomic E-state index is 0.153. The van der Waals surface area contributed by atoms with E-state index in [0.29, 0.717) is 22.2 Å². The number of fused-ring (bicyclic) bond motifs is 1. The first-order valence-corrected chi connectivity index (χ1v) is 9.85. The van der Waals surface area contributed by atoms with Gasteiger partial charge in [-0.3, -0.25) is 4.79 Å². The zero-order chi connectivity index (χ0) is 21.1. The topological polar surface area (TPSA) is 92.1 Å². The van der Waals surface area contributed by atoms with Crippen molar-refractivity contribution >= 4 is 22.8 Å². The van der Waals surface area contributed by atoms with Gasteiger partial charge in [-0.25, -0.2) is 9.78 Å². The Kier molecular flexibility index (Phi) is 5.20. The van der Waals surface area contributed by atoms with E-state index >= 15 is 0 Å². The average molecular weight is 399 g/mol. The molecule has 0 unspecified atom stereocenters. The Bertz CT molecular complexity index is 1150. The predicted octanol–water partition coefficient (Wildman–Crippen LogP) is 3.87. The first kappa shape index (κ1) is 19.6. The summed E-state index contributed by atoms with van der Waals surface area (Å²) in [6, 6.07) is 20.7. The quantitative estimate of drug-likeness (QED) is 0.635. The summed E-state index contributed by atoms with van der Waals surface area (Å²) in [4.78, 5) is 29.8. The molecule has 3 aromatic rings. The van der Waals surface area contributed by atoms with Crippen molar-refractivity contribution in [2.45, 2.75) is 25.3 Å². The van der Waals surface area contributed by atoms with Gasteiger partial charge in [0.25, 0.3) is 5.91 Å². The third-order valence-corrected chi connectivity index (χ3v) is 5.37. The molecule has 0 aliphatic heterocycles. The molecule has 1 fully saturated rings. The molecular weight excluding hydrogens is 378 g/mol. The summed E-state index contributed by atoms with van der Waals surface area (Å²) >= 11 is 0. The summed E-state index contributed by atoms with van der Waals surface area (Å²) in [5, 5.41) is 12.7. The van der Waals surface area contributed by atoms with Crippen LogP contribution < -0.4 is 5.32 Å². The van der Waals surface area contributed by atoms with E-state index in [4.69, 9.17) is 4.74 Å². The number of nitrogens with zero attached hydrogens (tertiary/aromatic N) is 2. The molecule has 1 aliphatic carbocycles. The molecule has 2 aromatic carbocycles. The van der Waals surface area contributed by atoms with Crippen molar-refractivity contribution in [2.75, 3.05) is 6.61 Å². The molecule has 150 valence electrons. The number of nitrogens with one attached hydrogen (secondary N) is 1. The number of amides is 1. The van der Waals surface area contributed by atoms with Crippen molar-refractivity contribution in [3.05, 3.63) is 66.2 Å². The van der Waals surface area contributed by atoms with E-state index in [1.165, 1.54) is 0 Å². The first-order valence-electron chi connectivity index (χ1n) is 9.85. The number of ether oxygens (including phenoxy) is 1. The largest absolute Gasteiger partial charge is 0.452 e. The van der Waals surface area contributed by atoms with Gasteiger partial charge in [-0.05, 0) is 37.8 Å². The molecule has 30 heavy (non-hydrogen) atoms. The molecule has 0 spiro atoms.